The SMILES string of the molecule is CCCC(CCBr)CNC(=O)c1cc(C)cc(Cl)c1. The summed E-state index contributed by atoms with van der Waals surface area (Å²) in [5.74, 6) is 0.495. The van der Waals surface area contributed by atoms with E-state index in [0.717, 1.165) is 36.7 Å². The summed E-state index contributed by atoms with van der Waals surface area (Å²) in [6, 6.07) is 5.42. The van der Waals surface area contributed by atoms with Crippen LogP contribution in [0.1, 0.15) is 42.1 Å². The van der Waals surface area contributed by atoms with Crippen molar-refractivity contribution >= 4 is 33.4 Å². The molecular formula is C15H21BrClNO. The van der Waals surface area contributed by atoms with Gasteiger partial charge in [-0.3, -0.25) is 4.79 Å². The summed E-state index contributed by atoms with van der Waals surface area (Å²) in [5.41, 5.74) is 1.64. The van der Waals surface area contributed by atoms with Gasteiger partial charge in [0.15, 0.2) is 0 Å². The highest BCUT2D eigenvalue weighted by molar-refractivity contribution is 9.09. The molecule has 0 saturated carbocycles. The molecule has 0 aromatic heterocycles. The standard InChI is InChI=1S/C15H21BrClNO/c1-3-4-12(5-6-16)10-18-15(19)13-7-11(2)8-14(17)9-13/h7-9,12H,3-6,10H2,1-2H3,(H,18,19). The quantitative estimate of drug-likeness (QED) is 0.719. The van der Waals surface area contributed by atoms with Gasteiger partial charge in [-0.2, -0.15) is 0 Å². The summed E-state index contributed by atoms with van der Waals surface area (Å²) in [6.45, 7) is 4.83. The molecule has 1 unspecified atom stereocenters. The zero-order valence-corrected chi connectivity index (χ0v) is 13.9. The maximum Gasteiger partial charge on any atom is 0.251 e. The second-order valence-corrected chi connectivity index (χ2v) is 6.09. The van der Waals surface area contributed by atoms with Crippen LogP contribution in [0.5, 0.6) is 0 Å². The highest BCUT2D eigenvalue weighted by Gasteiger charge is 2.11. The number of alkyl halides is 1. The van der Waals surface area contributed by atoms with Crippen LogP contribution in [0, 0.1) is 12.8 Å². The molecule has 1 amide bonds. The van der Waals surface area contributed by atoms with Gasteiger partial charge in [-0.15, -0.1) is 0 Å². The minimum atomic E-state index is -0.0405. The van der Waals surface area contributed by atoms with Crippen LogP contribution >= 0.6 is 27.5 Å². The lowest BCUT2D eigenvalue weighted by Gasteiger charge is -2.15. The van der Waals surface area contributed by atoms with Crippen LogP contribution in [0.2, 0.25) is 5.02 Å². The van der Waals surface area contributed by atoms with E-state index in [-0.39, 0.29) is 5.91 Å². The van der Waals surface area contributed by atoms with Crippen molar-refractivity contribution in [2.24, 2.45) is 5.92 Å². The van der Waals surface area contributed by atoms with Crippen molar-refractivity contribution in [3.8, 4) is 0 Å². The largest absolute Gasteiger partial charge is 0.352 e. The Labute approximate surface area is 129 Å². The first-order valence-corrected chi connectivity index (χ1v) is 8.18. The second-order valence-electron chi connectivity index (χ2n) is 4.86. The fourth-order valence-electron chi connectivity index (χ4n) is 2.12. The number of hydrogen-bond acceptors (Lipinski definition) is 1. The Morgan fingerprint density at radius 3 is 2.68 bits per heavy atom. The van der Waals surface area contributed by atoms with Crippen LogP contribution in [0.4, 0.5) is 0 Å². The molecule has 0 radical (unpaired) electrons. The molecule has 1 aromatic carbocycles. The van der Waals surface area contributed by atoms with E-state index < -0.39 is 0 Å². The number of hydrogen-bond donors (Lipinski definition) is 1. The predicted octanol–water partition coefficient (Wildman–Crippen LogP) is 4.58. The Bertz CT molecular complexity index is 396. The second kappa shape index (κ2) is 8.60. The summed E-state index contributed by atoms with van der Waals surface area (Å²) in [7, 11) is 0. The minimum absolute atomic E-state index is 0.0405. The molecule has 4 heteroatoms. The highest BCUT2D eigenvalue weighted by atomic mass is 79.9. The van der Waals surface area contributed by atoms with Crippen molar-refractivity contribution in [1.29, 1.82) is 0 Å². The number of amides is 1. The van der Waals surface area contributed by atoms with Gasteiger partial charge in [0.1, 0.15) is 0 Å². The smallest absolute Gasteiger partial charge is 0.251 e. The number of halogens is 2. The van der Waals surface area contributed by atoms with Crippen molar-refractivity contribution in [3.63, 3.8) is 0 Å². The van der Waals surface area contributed by atoms with Gasteiger partial charge in [0.25, 0.3) is 5.91 Å². The van der Waals surface area contributed by atoms with Crippen LogP contribution < -0.4 is 5.32 Å². The first-order chi connectivity index (χ1) is 9.06. The zero-order chi connectivity index (χ0) is 14.3. The molecule has 0 heterocycles. The molecule has 1 rings (SSSR count). The Morgan fingerprint density at radius 1 is 1.37 bits per heavy atom. The van der Waals surface area contributed by atoms with Crippen molar-refractivity contribution in [2.75, 3.05) is 11.9 Å². The third-order valence-corrected chi connectivity index (χ3v) is 3.75. The lowest BCUT2D eigenvalue weighted by Crippen LogP contribution is -2.29. The number of nitrogens with one attached hydrogen (secondary N) is 1. The third kappa shape index (κ3) is 5.96. The summed E-state index contributed by atoms with van der Waals surface area (Å²) in [5, 5.41) is 4.59. The van der Waals surface area contributed by atoms with E-state index in [4.69, 9.17) is 11.6 Å². The van der Waals surface area contributed by atoms with Gasteiger partial charge in [0.2, 0.25) is 0 Å². The van der Waals surface area contributed by atoms with E-state index in [0.29, 0.717) is 16.5 Å². The van der Waals surface area contributed by atoms with E-state index in [1.165, 1.54) is 0 Å². The first-order valence-electron chi connectivity index (χ1n) is 6.68. The van der Waals surface area contributed by atoms with Gasteiger partial charge in [-0.1, -0.05) is 40.9 Å². The fraction of sp³-hybridized carbons (Fsp3) is 0.533. The lowest BCUT2D eigenvalue weighted by atomic mass is 10.0. The van der Waals surface area contributed by atoms with Crippen molar-refractivity contribution in [3.05, 3.63) is 34.3 Å². The van der Waals surface area contributed by atoms with Crippen LogP contribution in [-0.4, -0.2) is 17.8 Å². The zero-order valence-electron chi connectivity index (χ0n) is 11.5. The molecule has 1 N–H and O–H groups in total. The minimum Gasteiger partial charge on any atom is -0.352 e. The Hall–Kier alpha value is -0.540. The summed E-state index contributed by atoms with van der Waals surface area (Å²) >= 11 is 9.43. The summed E-state index contributed by atoms with van der Waals surface area (Å²) < 4.78 is 0. The number of rotatable bonds is 7. The van der Waals surface area contributed by atoms with E-state index in [2.05, 4.69) is 28.2 Å². The molecular weight excluding hydrogens is 326 g/mol. The van der Waals surface area contributed by atoms with E-state index in [1.807, 2.05) is 19.1 Å². The topological polar surface area (TPSA) is 29.1 Å². The average Bonchev–Trinajstić information content (AvgIpc) is 2.35. The number of aryl methyl sites for hydroxylation is 1. The van der Waals surface area contributed by atoms with Crippen molar-refractivity contribution in [1.82, 2.24) is 5.32 Å². The molecule has 0 aliphatic rings. The van der Waals surface area contributed by atoms with Crippen LogP contribution in [-0.2, 0) is 0 Å². The maximum absolute atomic E-state index is 12.1. The van der Waals surface area contributed by atoms with E-state index in [9.17, 15) is 4.79 Å². The van der Waals surface area contributed by atoms with Crippen molar-refractivity contribution in [2.45, 2.75) is 33.1 Å². The fourth-order valence-corrected chi connectivity index (χ4v) is 3.05. The molecule has 106 valence electrons. The number of benzene rings is 1. The normalized spacial score (nSPS) is 12.2. The number of carbonyl (C=O) groups is 1. The monoisotopic (exact) mass is 345 g/mol. The average molecular weight is 347 g/mol. The maximum atomic E-state index is 12.1. The van der Waals surface area contributed by atoms with Gasteiger partial charge in [-0.25, -0.2) is 0 Å². The molecule has 0 saturated heterocycles. The third-order valence-electron chi connectivity index (χ3n) is 3.07. The van der Waals surface area contributed by atoms with Gasteiger partial charge in [0, 0.05) is 22.5 Å². The molecule has 0 aliphatic carbocycles. The molecule has 2 nitrogen and oxygen atoms in total. The molecule has 0 spiro atoms. The van der Waals surface area contributed by atoms with E-state index >= 15 is 0 Å². The van der Waals surface area contributed by atoms with Crippen LogP contribution in [0.25, 0.3) is 0 Å². The molecule has 1 atom stereocenters. The van der Waals surface area contributed by atoms with Gasteiger partial charge >= 0.3 is 0 Å². The van der Waals surface area contributed by atoms with E-state index in [1.54, 1.807) is 6.07 Å². The Morgan fingerprint density at radius 2 is 2.11 bits per heavy atom. The molecule has 0 fully saturated rings. The Balaban J connectivity index is 2.58. The van der Waals surface area contributed by atoms with Gasteiger partial charge in [0.05, 0.1) is 0 Å². The molecule has 19 heavy (non-hydrogen) atoms. The Kier molecular flexibility index (Phi) is 7.47. The van der Waals surface area contributed by atoms with Crippen molar-refractivity contribution < 1.29 is 4.79 Å². The van der Waals surface area contributed by atoms with Crippen LogP contribution in [0.15, 0.2) is 18.2 Å². The van der Waals surface area contributed by atoms with Gasteiger partial charge in [-0.05, 0) is 49.4 Å². The predicted molar refractivity (Wildman–Crippen MR) is 85.3 cm³/mol. The summed E-state index contributed by atoms with van der Waals surface area (Å²) in [6.07, 6.45) is 3.37. The highest BCUT2D eigenvalue weighted by Crippen LogP contribution is 2.15. The summed E-state index contributed by atoms with van der Waals surface area (Å²) in [4.78, 5) is 12.1. The lowest BCUT2D eigenvalue weighted by molar-refractivity contribution is 0.0946. The van der Waals surface area contributed by atoms with Crippen LogP contribution in [0.3, 0.4) is 0 Å². The first kappa shape index (κ1) is 16.5. The molecule has 0 aliphatic heterocycles. The molecule has 1 aromatic rings. The number of carbonyl (C=O) groups excluding carboxylic acids is 1. The molecule has 0 bridgehead atoms. The van der Waals surface area contributed by atoms with Gasteiger partial charge < -0.3 is 5.32 Å².